The molecule has 0 atom stereocenters. The Hall–Kier alpha value is -3.62. The summed E-state index contributed by atoms with van der Waals surface area (Å²) < 4.78 is 13.4. The molecule has 1 N–H and O–H groups in total. The molecule has 0 aliphatic carbocycles. The van der Waals surface area contributed by atoms with Crippen LogP contribution in [0, 0.1) is 0 Å². The van der Waals surface area contributed by atoms with Gasteiger partial charge in [-0.3, -0.25) is 9.97 Å². The minimum absolute atomic E-state index is 0. The van der Waals surface area contributed by atoms with E-state index in [4.69, 9.17) is 9.47 Å². The second kappa shape index (κ2) is 11.2. The van der Waals surface area contributed by atoms with Crippen LogP contribution in [0.15, 0.2) is 55.1 Å². The number of halogens is 1. The van der Waals surface area contributed by atoms with Gasteiger partial charge in [0.05, 0.1) is 23.4 Å². The number of phenolic OH excluding ortho intramolecular Hbond substituents is 1. The van der Waals surface area contributed by atoms with Crippen molar-refractivity contribution in [1.29, 1.82) is 0 Å². The molecule has 0 unspecified atom stereocenters. The summed E-state index contributed by atoms with van der Waals surface area (Å²) in [6, 6.07) is 9.14. The van der Waals surface area contributed by atoms with Gasteiger partial charge in [-0.15, -0.1) is 12.4 Å². The van der Waals surface area contributed by atoms with Crippen LogP contribution in [0.1, 0.15) is 28.5 Å². The van der Waals surface area contributed by atoms with Crippen molar-refractivity contribution in [1.82, 2.24) is 19.4 Å². The molecule has 0 radical (unpaired) electrons. The zero-order valence-corrected chi connectivity index (χ0v) is 21.0. The van der Waals surface area contributed by atoms with Crippen molar-refractivity contribution in [2.24, 2.45) is 7.05 Å². The summed E-state index contributed by atoms with van der Waals surface area (Å²) >= 11 is 0. The van der Waals surface area contributed by atoms with Crippen molar-refractivity contribution in [3.05, 3.63) is 71.9 Å². The number of carbonyl (C=O) groups is 1. The van der Waals surface area contributed by atoms with Crippen molar-refractivity contribution in [2.75, 3.05) is 20.7 Å². The van der Waals surface area contributed by atoms with E-state index < -0.39 is 5.97 Å². The number of carbonyl (C=O) groups excluding carboxylic acids is 1. The number of ether oxygens (including phenoxy) is 2. The maximum Gasteiger partial charge on any atom is 0.340 e. The SMILES string of the molecule is CCOC(=O)c1c(COc2ccncc2)n(C)c2cc(-c3cccnc3)c(O)c(CN(C)C)c12.Cl. The molecule has 0 amide bonds. The molecule has 0 saturated heterocycles. The highest BCUT2D eigenvalue weighted by molar-refractivity contribution is 6.09. The van der Waals surface area contributed by atoms with Gasteiger partial charge >= 0.3 is 5.97 Å². The van der Waals surface area contributed by atoms with Gasteiger partial charge in [-0.1, -0.05) is 6.07 Å². The van der Waals surface area contributed by atoms with Crippen LogP contribution in [-0.4, -0.2) is 51.2 Å². The number of hydrogen-bond donors (Lipinski definition) is 1. The van der Waals surface area contributed by atoms with Gasteiger partial charge < -0.3 is 24.0 Å². The van der Waals surface area contributed by atoms with E-state index in [1.807, 2.05) is 48.8 Å². The van der Waals surface area contributed by atoms with Crippen LogP contribution in [0.4, 0.5) is 0 Å². The van der Waals surface area contributed by atoms with Gasteiger partial charge in [-0.05, 0) is 45.3 Å². The van der Waals surface area contributed by atoms with Crippen molar-refractivity contribution in [3.63, 3.8) is 0 Å². The molecule has 0 spiro atoms. The van der Waals surface area contributed by atoms with Gasteiger partial charge in [-0.2, -0.15) is 0 Å². The Morgan fingerprint density at radius 2 is 1.89 bits per heavy atom. The van der Waals surface area contributed by atoms with E-state index in [2.05, 4.69) is 9.97 Å². The number of aromatic hydroxyl groups is 1. The van der Waals surface area contributed by atoms with Crippen LogP contribution in [0.2, 0.25) is 0 Å². The summed E-state index contributed by atoms with van der Waals surface area (Å²) in [6.45, 7) is 2.59. The number of esters is 1. The van der Waals surface area contributed by atoms with Crippen LogP contribution in [0.25, 0.3) is 22.0 Å². The number of nitrogens with zero attached hydrogens (tertiary/aromatic N) is 4. The van der Waals surface area contributed by atoms with E-state index in [-0.39, 0.29) is 31.4 Å². The average Bonchev–Trinajstić information content (AvgIpc) is 3.12. The van der Waals surface area contributed by atoms with E-state index in [0.717, 1.165) is 11.1 Å². The van der Waals surface area contributed by atoms with Gasteiger partial charge in [0.2, 0.25) is 0 Å². The number of pyridine rings is 2. The van der Waals surface area contributed by atoms with E-state index in [0.29, 0.717) is 40.1 Å². The number of benzene rings is 1. The molecule has 4 rings (SSSR count). The molecule has 0 aliphatic rings. The molecule has 1 aromatic carbocycles. The quantitative estimate of drug-likeness (QED) is 0.357. The van der Waals surface area contributed by atoms with Crippen LogP contribution in [0.3, 0.4) is 0 Å². The lowest BCUT2D eigenvalue weighted by molar-refractivity contribution is 0.0525. The van der Waals surface area contributed by atoms with E-state index >= 15 is 0 Å². The molecule has 4 aromatic rings. The van der Waals surface area contributed by atoms with Gasteiger partial charge in [0.25, 0.3) is 0 Å². The lowest BCUT2D eigenvalue weighted by Crippen LogP contribution is -2.13. The van der Waals surface area contributed by atoms with Gasteiger partial charge in [0.1, 0.15) is 18.1 Å². The van der Waals surface area contributed by atoms with Crippen LogP contribution in [0.5, 0.6) is 11.5 Å². The van der Waals surface area contributed by atoms with Crippen LogP contribution < -0.4 is 4.74 Å². The average molecular weight is 497 g/mol. The Morgan fingerprint density at radius 1 is 1.14 bits per heavy atom. The molecule has 3 aromatic heterocycles. The molecule has 8 nitrogen and oxygen atoms in total. The summed E-state index contributed by atoms with van der Waals surface area (Å²) in [4.78, 5) is 23.4. The standard InChI is InChI=1S/C26H28N4O4.ClH/c1-5-33-26(32)24-22(16-34-18-8-11-27-12-9-18)30(4)21-13-19(17-7-6-10-28-14-17)25(31)20(23(21)24)15-29(2)3;/h6-14,31H,5,15-16H2,1-4H3;1H. The minimum Gasteiger partial charge on any atom is -0.507 e. The first-order valence-electron chi connectivity index (χ1n) is 11.0. The highest BCUT2D eigenvalue weighted by atomic mass is 35.5. The lowest BCUT2D eigenvalue weighted by atomic mass is 9.96. The number of aryl methyl sites for hydroxylation is 1. The zero-order valence-electron chi connectivity index (χ0n) is 20.2. The van der Waals surface area contributed by atoms with Crippen molar-refractivity contribution in [2.45, 2.75) is 20.1 Å². The molecule has 0 aliphatic heterocycles. The van der Waals surface area contributed by atoms with E-state index in [9.17, 15) is 9.90 Å². The third-order valence-corrected chi connectivity index (χ3v) is 5.64. The number of aromatic nitrogens is 3. The summed E-state index contributed by atoms with van der Waals surface area (Å²) in [5, 5.41) is 12.0. The van der Waals surface area contributed by atoms with Crippen molar-refractivity contribution < 1.29 is 19.4 Å². The second-order valence-electron chi connectivity index (χ2n) is 8.20. The Bertz CT molecular complexity index is 1310. The predicted molar refractivity (Wildman–Crippen MR) is 137 cm³/mol. The predicted octanol–water partition coefficient (Wildman–Crippen LogP) is 4.58. The molecular formula is C26H29ClN4O4. The molecule has 0 saturated carbocycles. The highest BCUT2D eigenvalue weighted by Crippen LogP contribution is 2.41. The summed E-state index contributed by atoms with van der Waals surface area (Å²) in [5.41, 5.74) is 3.94. The fraction of sp³-hybridized carbons (Fsp3) is 0.269. The summed E-state index contributed by atoms with van der Waals surface area (Å²) in [6.07, 6.45) is 6.70. The Balaban J connectivity index is 0.00000342. The van der Waals surface area contributed by atoms with Crippen LogP contribution in [-0.2, 0) is 24.9 Å². The number of phenols is 1. The van der Waals surface area contributed by atoms with Gasteiger partial charge in [-0.25, -0.2) is 4.79 Å². The normalized spacial score (nSPS) is 10.9. The van der Waals surface area contributed by atoms with E-state index in [1.54, 1.807) is 43.8 Å². The fourth-order valence-electron chi connectivity index (χ4n) is 4.10. The molecule has 0 fully saturated rings. The van der Waals surface area contributed by atoms with Crippen molar-refractivity contribution in [3.8, 4) is 22.6 Å². The van der Waals surface area contributed by atoms with Gasteiger partial charge in [0.15, 0.2) is 0 Å². The van der Waals surface area contributed by atoms with Crippen molar-refractivity contribution >= 4 is 29.3 Å². The lowest BCUT2D eigenvalue weighted by Gasteiger charge is -2.17. The number of hydrogen-bond acceptors (Lipinski definition) is 7. The zero-order chi connectivity index (χ0) is 24.2. The molecule has 184 valence electrons. The monoisotopic (exact) mass is 496 g/mol. The minimum atomic E-state index is -0.449. The third kappa shape index (κ3) is 5.23. The molecule has 35 heavy (non-hydrogen) atoms. The number of fused-ring (bicyclic) bond motifs is 1. The number of rotatable bonds is 8. The molecule has 3 heterocycles. The highest BCUT2D eigenvalue weighted by Gasteiger charge is 2.28. The van der Waals surface area contributed by atoms with E-state index in [1.165, 1.54) is 0 Å². The summed E-state index contributed by atoms with van der Waals surface area (Å²) in [5.74, 6) is 0.310. The smallest absolute Gasteiger partial charge is 0.340 e. The molecular weight excluding hydrogens is 468 g/mol. The Kier molecular flexibility index (Phi) is 8.32. The topological polar surface area (TPSA) is 89.7 Å². The maximum absolute atomic E-state index is 13.2. The summed E-state index contributed by atoms with van der Waals surface area (Å²) in [7, 11) is 5.73. The first-order chi connectivity index (χ1) is 16.4. The largest absolute Gasteiger partial charge is 0.507 e. The fourth-order valence-corrected chi connectivity index (χ4v) is 4.10. The Labute approximate surface area is 210 Å². The third-order valence-electron chi connectivity index (χ3n) is 5.64. The maximum atomic E-state index is 13.2. The first kappa shape index (κ1) is 26.0. The van der Waals surface area contributed by atoms with Crippen LogP contribution >= 0.6 is 12.4 Å². The molecule has 0 bridgehead atoms. The Morgan fingerprint density at radius 3 is 2.51 bits per heavy atom. The molecule has 9 heteroatoms. The second-order valence-corrected chi connectivity index (χ2v) is 8.20. The first-order valence-corrected chi connectivity index (χ1v) is 11.0. The van der Waals surface area contributed by atoms with Gasteiger partial charge in [0, 0.05) is 60.5 Å².